The number of nitrogens with one attached hydrogen (secondary N) is 2. The summed E-state index contributed by atoms with van der Waals surface area (Å²) >= 11 is 0. The fourth-order valence-electron chi connectivity index (χ4n) is 2.41. The van der Waals surface area contributed by atoms with Crippen LogP contribution in [0.1, 0.15) is 26.7 Å². The second-order valence-electron chi connectivity index (χ2n) is 5.62. The van der Waals surface area contributed by atoms with E-state index in [0.29, 0.717) is 18.1 Å². The van der Waals surface area contributed by atoms with Crippen LogP contribution in [0.25, 0.3) is 0 Å². The van der Waals surface area contributed by atoms with Crippen molar-refractivity contribution in [1.29, 1.82) is 0 Å². The highest BCUT2D eigenvalue weighted by Crippen LogP contribution is 2.22. The van der Waals surface area contributed by atoms with Crippen LogP contribution in [0.3, 0.4) is 0 Å². The van der Waals surface area contributed by atoms with Crippen molar-refractivity contribution in [2.45, 2.75) is 45.4 Å². The Kier molecular flexibility index (Phi) is 5.00. The molecule has 1 amide bonds. The Morgan fingerprint density at radius 2 is 2.40 bits per heavy atom. The van der Waals surface area contributed by atoms with E-state index in [2.05, 4.69) is 29.6 Å². The predicted octanol–water partition coefficient (Wildman–Crippen LogP) is 1.24. The molecule has 1 aliphatic rings. The van der Waals surface area contributed by atoms with Gasteiger partial charge in [0.25, 0.3) is 0 Å². The smallest absolute Gasteiger partial charge is 0.241 e. The molecule has 0 spiro atoms. The molecule has 20 heavy (non-hydrogen) atoms. The SMILES string of the molecule is CNC(=O)Cn1cc(NC2CCOC(C(C)C)C2)cn1. The number of hydrogen-bond acceptors (Lipinski definition) is 4. The molecule has 2 unspecified atom stereocenters. The second-order valence-corrected chi connectivity index (χ2v) is 5.62. The highest BCUT2D eigenvalue weighted by Gasteiger charge is 2.24. The first-order valence-electron chi connectivity index (χ1n) is 7.19. The van der Waals surface area contributed by atoms with Gasteiger partial charge in [-0.3, -0.25) is 9.48 Å². The van der Waals surface area contributed by atoms with E-state index in [0.717, 1.165) is 25.1 Å². The normalized spacial score (nSPS) is 22.8. The molecule has 6 nitrogen and oxygen atoms in total. The molecule has 0 saturated carbocycles. The molecule has 0 aromatic carbocycles. The van der Waals surface area contributed by atoms with Gasteiger partial charge in [0.05, 0.1) is 18.0 Å². The maximum absolute atomic E-state index is 11.3. The topological polar surface area (TPSA) is 68.2 Å². The third-order valence-electron chi connectivity index (χ3n) is 3.65. The van der Waals surface area contributed by atoms with E-state index < -0.39 is 0 Å². The van der Waals surface area contributed by atoms with Gasteiger partial charge in [-0.05, 0) is 18.8 Å². The van der Waals surface area contributed by atoms with E-state index in [1.54, 1.807) is 17.9 Å². The van der Waals surface area contributed by atoms with Crippen LogP contribution in [-0.2, 0) is 16.1 Å². The molecular weight excluding hydrogens is 256 g/mol. The molecule has 2 rings (SSSR count). The van der Waals surface area contributed by atoms with E-state index >= 15 is 0 Å². The van der Waals surface area contributed by atoms with Crippen molar-refractivity contribution < 1.29 is 9.53 Å². The molecule has 2 heterocycles. The van der Waals surface area contributed by atoms with Crippen molar-refractivity contribution in [3.05, 3.63) is 12.4 Å². The van der Waals surface area contributed by atoms with Crippen molar-refractivity contribution >= 4 is 11.6 Å². The van der Waals surface area contributed by atoms with Crippen LogP contribution in [0.4, 0.5) is 5.69 Å². The standard InChI is InChI=1S/C14H24N4O2/c1-10(2)13-6-11(4-5-20-13)17-12-7-16-18(8-12)9-14(19)15-3/h7-8,10-11,13,17H,4-6,9H2,1-3H3,(H,15,19). The summed E-state index contributed by atoms with van der Waals surface area (Å²) in [6, 6.07) is 0.411. The number of amides is 1. The van der Waals surface area contributed by atoms with E-state index in [9.17, 15) is 4.79 Å². The van der Waals surface area contributed by atoms with Gasteiger partial charge in [0.1, 0.15) is 6.54 Å². The summed E-state index contributed by atoms with van der Waals surface area (Å²) in [5.74, 6) is 0.487. The van der Waals surface area contributed by atoms with Crippen LogP contribution in [0, 0.1) is 5.92 Å². The van der Waals surface area contributed by atoms with Gasteiger partial charge in [0.2, 0.25) is 5.91 Å². The summed E-state index contributed by atoms with van der Waals surface area (Å²) in [4.78, 5) is 11.3. The highest BCUT2D eigenvalue weighted by molar-refractivity contribution is 5.75. The zero-order valence-corrected chi connectivity index (χ0v) is 12.4. The van der Waals surface area contributed by atoms with Crippen LogP contribution in [0.5, 0.6) is 0 Å². The molecule has 1 fully saturated rings. The Labute approximate surface area is 119 Å². The molecule has 0 aliphatic carbocycles. The number of anilines is 1. The monoisotopic (exact) mass is 280 g/mol. The molecular formula is C14H24N4O2. The van der Waals surface area contributed by atoms with E-state index in [-0.39, 0.29) is 12.5 Å². The van der Waals surface area contributed by atoms with Crippen LogP contribution in [0.2, 0.25) is 0 Å². The Morgan fingerprint density at radius 3 is 3.10 bits per heavy atom. The maximum atomic E-state index is 11.3. The molecule has 0 radical (unpaired) electrons. The fraction of sp³-hybridized carbons (Fsp3) is 0.714. The molecule has 112 valence electrons. The minimum atomic E-state index is -0.0504. The predicted molar refractivity (Wildman–Crippen MR) is 77.5 cm³/mol. The van der Waals surface area contributed by atoms with Crippen LogP contribution in [0.15, 0.2) is 12.4 Å². The summed E-state index contributed by atoms with van der Waals surface area (Å²) < 4.78 is 7.41. The first kappa shape index (κ1) is 14.8. The first-order chi connectivity index (χ1) is 9.58. The number of carbonyl (C=O) groups excluding carboxylic acids is 1. The second kappa shape index (κ2) is 6.74. The summed E-state index contributed by atoms with van der Waals surface area (Å²) in [5, 5.41) is 10.3. The lowest BCUT2D eigenvalue weighted by Gasteiger charge is -2.32. The minimum absolute atomic E-state index is 0.0504. The van der Waals surface area contributed by atoms with E-state index in [1.165, 1.54) is 0 Å². The third kappa shape index (κ3) is 3.96. The van der Waals surface area contributed by atoms with Crippen LogP contribution >= 0.6 is 0 Å². The summed E-state index contributed by atoms with van der Waals surface area (Å²) in [5.41, 5.74) is 0.961. The number of ether oxygens (including phenoxy) is 1. The molecule has 1 aliphatic heterocycles. The molecule has 0 bridgehead atoms. The number of likely N-dealkylation sites (N-methyl/N-ethyl adjacent to an activating group) is 1. The lowest BCUT2D eigenvalue weighted by atomic mass is 9.95. The van der Waals surface area contributed by atoms with Gasteiger partial charge in [0.15, 0.2) is 0 Å². The van der Waals surface area contributed by atoms with Gasteiger partial charge < -0.3 is 15.4 Å². The van der Waals surface area contributed by atoms with Crippen LogP contribution in [-0.4, -0.2) is 41.5 Å². The number of aromatic nitrogens is 2. The summed E-state index contributed by atoms with van der Waals surface area (Å²) in [7, 11) is 1.62. The molecule has 1 aromatic heterocycles. The van der Waals surface area contributed by atoms with Gasteiger partial charge in [-0.1, -0.05) is 13.8 Å². The number of hydrogen-bond donors (Lipinski definition) is 2. The Hall–Kier alpha value is -1.56. The zero-order chi connectivity index (χ0) is 14.5. The Bertz CT molecular complexity index is 444. The Morgan fingerprint density at radius 1 is 1.60 bits per heavy atom. The number of rotatable bonds is 5. The minimum Gasteiger partial charge on any atom is -0.380 e. The number of carbonyl (C=O) groups is 1. The maximum Gasteiger partial charge on any atom is 0.241 e. The van der Waals surface area contributed by atoms with Crippen molar-refractivity contribution in [3.63, 3.8) is 0 Å². The van der Waals surface area contributed by atoms with Crippen molar-refractivity contribution in [1.82, 2.24) is 15.1 Å². The van der Waals surface area contributed by atoms with Gasteiger partial charge >= 0.3 is 0 Å². The van der Waals surface area contributed by atoms with E-state index in [1.807, 2.05) is 6.20 Å². The van der Waals surface area contributed by atoms with Gasteiger partial charge in [-0.25, -0.2) is 0 Å². The Balaban J connectivity index is 1.88. The van der Waals surface area contributed by atoms with Gasteiger partial charge in [0, 0.05) is 25.9 Å². The molecule has 1 aromatic rings. The quantitative estimate of drug-likeness (QED) is 0.851. The fourth-order valence-corrected chi connectivity index (χ4v) is 2.41. The molecule has 6 heteroatoms. The average molecular weight is 280 g/mol. The first-order valence-corrected chi connectivity index (χ1v) is 7.19. The molecule has 2 N–H and O–H groups in total. The third-order valence-corrected chi connectivity index (χ3v) is 3.65. The van der Waals surface area contributed by atoms with Gasteiger partial charge in [-0.15, -0.1) is 0 Å². The summed E-state index contributed by atoms with van der Waals surface area (Å²) in [6.07, 6.45) is 5.97. The average Bonchev–Trinajstić information content (AvgIpc) is 2.86. The number of nitrogens with zero attached hydrogens (tertiary/aromatic N) is 2. The molecule has 2 atom stereocenters. The summed E-state index contributed by atoms with van der Waals surface area (Å²) in [6.45, 7) is 5.43. The lowest BCUT2D eigenvalue weighted by molar-refractivity contribution is -0.121. The molecule has 1 saturated heterocycles. The highest BCUT2D eigenvalue weighted by atomic mass is 16.5. The largest absolute Gasteiger partial charge is 0.380 e. The van der Waals surface area contributed by atoms with Crippen molar-refractivity contribution in [3.8, 4) is 0 Å². The van der Waals surface area contributed by atoms with Crippen LogP contribution < -0.4 is 10.6 Å². The van der Waals surface area contributed by atoms with Crippen molar-refractivity contribution in [2.24, 2.45) is 5.92 Å². The zero-order valence-electron chi connectivity index (χ0n) is 12.4. The van der Waals surface area contributed by atoms with Gasteiger partial charge in [-0.2, -0.15) is 5.10 Å². The van der Waals surface area contributed by atoms with E-state index in [4.69, 9.17) is 4.74 Å². The lowest BCUT2D eigenvalue weighted by Crippen LogP contribution is -2.36. The van der Waals surface area contributed by atoms with Crippen molar-refractivity contribution in [2.75, 3.05) is 19.0 Å².